The summed E-state index contributed by atoms with van der Waals surface area (Å²) in [6.45, 7) is 0. The van der Waals surface area contributed by atoms with Crippen LogP contribution in [0.25, 0.3) is 21.7 Å². The molecule has 0 saturated heterocycles. The van der Waals surface area contributed by atoms with Crippen LogP contribution in [0.2, 0.25) is 5.02 Å². The van der Waals surface area contributed by atoms with E-state index in [1.54, 1.807) is 18.2 Å². The maximum atomic E-state index is 12.0. The van der Waals surface area contributed by atoms with Gasteiger partial charge in [0.25, 0.3) is 5.56 Å². The first kappa shape index (κ1) is 12.6. The first-order valence-corrected chi connectivity index (χ1v) is 6.17. The number of H-pyrrole nitrogens is 1. The Kier molecular flexibility index (Phi) is 2.91. The number of benzene rings is 1. The minimum absolute atomic E-state index is 0.145. The fraction of sp³-hybridized carbons (Fsp3) is 0.0714. The molecule has 0 bridgehead atoms. The number of esters is 1. The van der Waals surface area contributed by atoms with Crippen molar-refractivity contribution in [3.63, 3.8) is 0 Å². The lowest BCUT2D eigenvalue weighted by molar-refractivity contribution is 0.0594. The number of ether oxygens (including phenoxy) is 1. The van der Waals surface area contributed by atoms with Crippen LogP contribution in [-0.2, 0) is 4.74 Å². The van der Waals surface area contributed by atoms with Crippen molar-refractivity contribution in [3.05, 3.63) is 51.5 Å². The largest absolute Gasteiger partial charge is 0.464 e. The van der Waals surface area contributed by atoms with Crippen LogP contribution in [0.3, 0.4) is 0 Å². The van der Waals surface area contributed by atoms with Gasteiger partial charge in [0, 0.05) is 27.5 Å². The third kappa shape index (κ3) is 1.92. The van der Waals surface area contributed by atoms with E-state index in [9.17, 15) is 9.59 Å². The highest BCUT2D eigenvalue weighted by atomic mass is 35.5. The Morgan fingerprint density at radius 3 is 2.80 bits per heavy atom. The molecule has 5 nitrogen and oxygen atoms in total. The van der Waals surface area contributed by atoms with Crippen molar-refractivity contribution in [1.29, 1.82) is 0 Å². The van der Waals surface area contributed by atoms with Crippen LogP contribution in [0.5, 0.6) is 0 Å². The SMILES string of the molecule is COC(=O)c1cc2c(cn1)c(=O)[nH]c1ccc(Cl)cc12. The highest BCUT2D eigenvalue weighted by molar-refractivity contribution is 6.31. The topological polar surface area (TPSA) is 72.0 Å². The van der Waals surface area contributed by atoms with Crippen molar-refractivity contribution in [2.24, 2.45) is 0 Å². The summed E-state index contributed by atoms with van der Waals surface area (Å²) in [7, 11) is 1.28. The van der Waals surface area contributed by atoms with E-state index in [1.807, 2.05) is 0 Å². The van der Waals surface area contributed by atoms with E-state index in [-0.39, 0.29) is 11.3 Å². The zero-order valence-corrected chi connectivity index (χ0v) is 11.2. The molecule has 0 fully saturated rings. The second-order valence-corrected chi connectivity index (χ2v) is 4.69. The Morgan fingerprint density at radius 2 is 2.05 bits per heavy atom. The molecule has 0 aliphatic heterocycles. The van der Waals surface area contributed by atoms with E-state index in [0.29, 0.717) is 21.3 Å². The monoisotopic (exact) mass is 288 g/mol. The lowest BCUT2D eigenvalue weighted by atomic mass is 10.1. The van der Waals surface area contributed by atoms with Gasteiger partial charge in [0.1, 0.15) is 5.69 Å². The molecule has 0 spiro atoms. The number of carbonyl (C=O) groups is 1. The van der Waals surface area contributed by atoms with Crippen molar-refractivity contribution < 1.29 is 9.53 Å². The second kappa shape index (κ2) is 4.61. The molecular weight excluding hydrogens is 280 g/mol. The number of nitrogens with zero attached hydrogens (tertiary/aromatic N) is 1. The molecule has 3 aromatic rings. The Labute approximate surface area is 118 Å². The first-order chi connectivity index (χ1) is 9.60. The Morgan fingerprint density at radius 1 is 1.25 bits per heavy atom. The smallest absolute Gasteiger partial charge is 0.356 e. The summed E-state index contributed by atoms with van der Waals surface area (Å²) in [6, 6.07) is 6.68. The van der Waals surface area contributed by atoms with Gasteiger partial charge in [-0.25, -0.2) is 9.78 Å². The van der Waals surface area contributed by atoms with E-state index in [2.05, 4.69) is 14.7 Å². The number of carbonyl (C=O) groups excluding carboxylic acids is 1. The normalized spacial score (nSPS) is 10.9. The molecule has 20 heavy (non-hydrogen) atoms. The van der Waals surface area contributed by atoms with Crippen molar-refractivity contribution in [3.8, 4) is 0 Å². The number of nitrogens with one attached hydrogen (secondary N) is 1. The van der Waals surface area contributed by atoms with Gasteiger partial charge in [0.05, 0.1) is 12.5 Å². The minimum atomic E-state index is -0.553. The minimum Gasteiger partial charge on any atom is -0.464 e. The fourth-order valence-corrected chi connectivity index (χ4v) is 2.29. The number of methoxy groups -OCH3 is 1. The van der Waals surface area contributed by atoms with Gasteiger partial charge in [0.2, 0.25) is 0 Å². The average Bonchev–Trinajstić information content (AvgIpc) is 2.47. The number of hydrogen-bond acceptors (Lipinski definition) is 4. The third-order valence-corrected chi connectivity index (χ3v) is 3.30. The fourth-order valence-electron chi connectivity index (χ4n) is 2.11. The summed E-state index contributed by atoms with van der Waals surface area (Å²) < 4.78 is 4.64. The number of hydrogen-bond donors (Lipinski definition) is 1. The molecule has 1 aromatic carbocycles. The molecule has 0 aliphatic carbocycles. The summed E-state index contributed by atoms with van der Waals surface area (Å²) in [5.74, 6) is -0.553. The van der Waals surface area contributed by atoms with E-state index in [1.165, 1.54) is 19.4 Å². The summed E-state index contributed by atoms with van der Waals surface area (Å²) >= 11 is 5.99. The van der Waals surface area contributed by atoms with Crippen LogP contribution in [0.4, 0.5) is 0 Å². The third-order valence-electron chi connectivity index (χ3n) is 3.06. The highest BCUT2D eigenvalue weighted by Crippen LogP contribution is 2.24. The van der Waals surface area contributed by atoms with Crippen LogP contribution in [0.15, 0.2) is 35.3 Å². The summed E-state index contributed by atoms with van der Waals surface area (Å²) in [4.78, 5) is 30.2. The van der Waals surface area contributed by atoms with E-state index >= 15 is 0 Å². The van der Waals surface area contributed by atoms with Crippen LogP contribution >= 0.6 is 11.6 Å². The Bertz CT molecular complexity index is 902. The first-order valence-electron chi connectivity index (χ1n) is 5.80. The maximum absolute atomic E-state index is 12.0. The number of aromatic nitrogens is 2. The van der Waals surface area contributed by atoms with Gasteiger partial charge in [0.15, 0.2) is 0 Å². The molecule has 0 radical (unpaired) electrons. The molecule has 0 saturated carbocycles. The quantitative estimate of drug-likeness (QED) is 0.552. The summed E-state index contributed by atoms with van der Waals surface area (Å²) in [6.07, 6.45) is 1.36. The lowest BCUT2D eigenvalue weighted by Gasteiger charge is -2.05. The molecule has 0 unspecified atom stereocenters. The number of rotatable bonds is 1. The predicted molar refractivity (Wildman–Crippen MR) is 76.2 cm³/mol. The van der Waals surface area contributed by atoms with Crippen molar-refractivity contribution in [1.82, 2.24) is 9.97 Å². The summed E-state index contributed by atoms with van der Waals surface area (Å²) in [5.41, 5.74) is 0.527. The molecule has 0 aliphatic rings. The van der Waals surface area contributed by atoms with Gasteiger partial charge in [-0.3, -0.25) is 4.79 Å². The van der Waals surface area contributed by atoms with Crippen LogP contribution in [0.1, 0.15) is 10.5 Å². The van der Waals surface area contributed by atoms with Gasteiger partial charge in [-0.15, -0.1) is 0 Å². The molecule has 0 atom stereocenters. The Balaban J connectivity index is 2.47. The molecule has 0 amide bonds. The molecule has 6 heteroatoms. The number of fused-ring (bicyclic) bond motifs is 3. The number of aromatic amines is 1. The van der Waals surface area contributed by atoms with E-state index in [0.717, 1.165) is 5.39 Å². The second-order valence-electron chi connectivity index (χ2n) is 4.25. The molecular formula is C14H9ClN2O3. The molecule has 3 rings (SSSR count). The maximum Gasteiger partial charge on any atom is 0.356 e. The Hall–Kier alpha value is -2.40. The van der Waals surface area contributed by atoms with Crippen molar-refractivity contribution in [2.75, 3.05) is 7.11 Å². The molecule has 2 heterocycles. The zero-order chi connectivity index (χ0) is 14.3. The highest BCUT2D eigenvalue weighted by Gasteiger charge is 2.12. The van der Waals surface area contributed by atoms with Crippen LogP contribution in [0, 0.1) is 0 Å². The van der Waals surface area contributed by atoms with Crippen LogP contribution < -0.4 is 5.56 Å². The molecule has 100 valence electrons. The average molecular weight is 289 g/mol. The summed E-state index contributed by atoms with van der Waals surface area (Å²) in [5, 5.41) is 2.30. The van der Waals surface area contributed by atoms with Crippen molar-refractivity contribution >= 4 is 39.2 Å². The number of pyridine rings is 2. The zero-order valence-electron chi connectivity index (χ0n) is 10.4. The van der Waals surface area contributed by atoms with Gasteiger partial charge in [-0.2, -0.15) is 0 Å². The van der Waals surface area contributed by atoms with E-state index in [4.69, 9.17) is 11.6 Å². The van der Waals surface area contributed by atoms with E-state index < -0.39 is 5.97 Å². The van der Waals surface area contributed by atoms with Gasteiger partial charge in [-0.05, 0) is 24.3 Å². The molecule has 1 N–H and O–H groups in total. The van der Waals surface area contributed by atoms with Crippen LogP contribution in [-0.4, -0.2) is 23.0 Å². The standard InChI is InChI=1S/C14H9ClN2O3/c1-20-14(19)12-5-8-9-4-7(15)2-3-11(9)17-13(18)10(8)6-16-12/h2-6H,1H3,(H,17,18). The van der Waals surface area contributed by atoms with Gasteiger partial charge in [-0.1, -0.05) is 11.6 Å². The lowest BCUT2D eigenvalue weighted by Crippen LogP contribution is -2.09. The molecule has 2 aromatic heterocycles. The van der Waals surface area contributed by atoms with Gasteiger partial charge >= 0.3 is 5.97 Å². The van der Waals surface area contributed by atoms with Gasteiger partial charge < -0.3 is 9.72 Å². The predicted octanol–water partition coefficient (Wildman–Crippen LogP) is 2.52. The number of halogens is 1. The van der Waals surface area contributed by atoms with Crippen molar-refractivity contribution in [2.45, 2.75) is 0 Å².